The molecule has 0 saturated heterocycles. The van der Waals surface area contributed by atoms with Crippen LogP contribution in [-0.4, -0.2) is 34.5 Å². The highest BCUT2D eigenvalue weighted by molar-refractivity contribution is 5.93. The summed E-state index contributed by atoms with van der Waals surface area (Å²) in [4.78, 5) is 25.3. The van der Waals surface area contributed by atoms with Crippen molar-refractivity contribution in [2.24, 2.45) is 0 Å². The Bertz CT molecular complexity index is 1280. The van der Waals surface area contributed by atoms with Crippen molar-refractivity contribution in [2.45, 2.75) is 19.9 Å². The first-order valence-electron chi connectivity index (χ1n) is 9.89. The first kappa shape index (κ1) is 20.3. The Labute approximate surface area is 178 Å². The predicted molar refractivity (Wildman–Crippen MR) is 116 cm³/mol. The number of hydrogen-bond acceptors (Lipinski definition) is 6. The molecule has 0 aliphatic carbocycles. The van der Waals surface area contributed by atoms with E-state index < -0.39 is 5.56 Å². The second-order valence-electron chi connectivity index (χ2n) is 7.09. The molecule has 0 atom stereocenters. The number of methoxy groups -OCH3 is 1. The maximum absolute atomic E-state index is 12.9. The monoisotopic (exact) mass is 418 g/mol. The first-order valence-corrected chi connectivity index (χ1v) is 9.89. The smallest absolute Gasteiger partial charge is 0.297 e. The van der Waals surface area contributed by atoms with E-state index in [0.29, 0.717) is 35.6 Å². The summed E-state index contributed by atoms with van der Waals surface area (Å²) in [6, 6.07) is 17.2. The number of fused-ring (bicyclic) bond motifs is 1. The van der Waals surface area contributed by atoms with Crippen molar-refractivity contribution in [2.75, 3.05) is 13.7 Å². The van der Waals surface area contributed by atoms with Crippen LogP contribution >= 0.6 is 0 Å². The Hall–Kier alpha value is -3.94. The summed E-state index contributed by atoms with van der Waals surface area (Å²) in [6.45, 7) is 1.97. The molecule has 2 aromatic carbocycles. The molecule has 2 aromatic heterocycles. The summed E-state index contributed by atoms with van der Waals surface area (Å²) in [5.41, 5.74) is 2.02. The summed E-state index contributed by atoms with van der Waals surface area (Å²) >= 11 is 0. The Morgan fingerprint density at radius 2 is 1.97 bits per heavy atom. The van der Waals surface area contributed by atoms with Gasteiger partial charge in [-0.15, -0.1) is 0 Å². The van der Waals surface area contributed by atoms with Crippen LogP contribution in [0.2, 0.25) is 0 Å². The largest absolute Gasteiger partial charge is 0.497 e. The fraction of sp³-hybridized carbons (Fsp3) is 0.217. The summed E-state index contributed by atoms with van der Waals surface area (Å²) in [6.07, 6.45) is 0.700. The minimum absolute atomic E-state index is 0.141. The molecule has 1 N–H and O–H groups in total. The van der Waals surface area contributed by atoms with Gasteiger partial charge in [-0.1, -0.05) is 47.6 Å². The van der Waals surface area contributed by atoms with E-state index in [4.69, 9.17) is 9.26 Å². The number of aromatic nitrogens is 3. The second-order valence-corrected chi connectivity index (χ2v) is 7.09. The molecule has 0 spiro atoms. The van der Waals surface area contributed by atoms with Gasteiger partial charge in [0, 0.05) is 12.1 Å². The molecule has 0 aliphatic heterocycles. The topological polar surface area (TPSA) is 99.2 Å². The molecule has 0 radical (unpaired) electrons. The van der Waals surface area contributed by atoms with Crippen molar-refractivity contribution < 1.29 is 14.1 Å². The number of nitrogens with zero attached hydrogens (tertiary/aromatic N) is 3. The highest BCUT2D eigenvalue weighted by Crippen LogP contribution is 2.29. The van der Waals surface area contributed by atoms with Crippen molar-refractivity contribution in [3.8, 4) is 17.0 Å². The molecule has 0 aliphatic rings. The fourth-order valence-corrected chi connectivity index (χ4v) is 3.40. The van der Waals surface area contributed by atoms with E-state index in [1.165, 1.54) is 0 Å². The number of amides is 1. The van der Waals surface area contributed by atoms with Crippen molar-refractivity contribution in [3.63, 3.8) is 0 Å². The third kappa shape index (κ3) is 4.32. The van der Waals surface area contributed by atoms with E-state index in [1.54, 1.807) is 14.0 Å². The van der Waals surface area contributed by atoms with Gasteiger partial charge >= 0.3 is 0 Å². The predicted octanol–water partition coefficient (Wildman–Crippen LogP) is 2.73. The van der Waals surface area contributed by atoms with Crippen molar-refractivity contribution >= 4 is 16.8 Å². The third-order valence-corrected chi connectivity index (χ3v) is 4.97. The van der Waals surface area contributed by atoms with Gasteiger partial charge in [-0.3, -0.25) is 9.59 Å². The maximum atomic E-state index is 12.9. The SMILES string of the molecule is COc1cccc(-c2nn(CC(=O)NCCc3ccccc3)c(=O)c3noc(C)c23)c1. The van der Waals surface area contributed by atoms with Gasteiger partial charge in [0.1, 0.15) is 23.7 Å². The number of ether oxygens (including phenoxy) is 1. The summed E-state index contributed by atoms with van der Waals surface area (Å²) in [5.74, 6) is 0.830. The molecular weight excluding hydrogens is 396 g/mol. The average Bonchev–Trinajstić information content (AvgIpc) is 3.18. The van der Waals surface area contributed by atoms with Crippen molar-refractivity contribution in [1.82, 2.24) is 20.3 Å². The van der Waals surface area contributed by atoms with Crippen LogP contribution in [0.4, 0.5) is 0 Å². The Morgan fingerprint density at radius 3 is 2.74 bits per heavy atom. The van der Waals surface area contributed by atoms with E-state index in [1.807, 2.05) is 54.6 Å². The van der Waals surface area contributed by atoms with Crippen LogP contribution in [0.15, 0.2) is 63.9 Å². The van der Waals surface area contributed by atoms with Gasteiger partial charge in [-0.05, 0) is 31.0 Å². The average molecular weight is 418 g/mol. The third-order valence-electron chi connectivity index (χ3n) is 4.97. The standard InChI is InChI=1S/C23H22N4O4/c1-15-20-21(17-9-6-10-18(13-17)30-2)25-27(23(29)22(20)26-31-15)14-19(28)24-12-11-16-7-4-3-5-8-16/h3-10,13H,11-12,14H2,1-2H3,(H,24,28). The lowest BCUT2D eigenvalue weighted by molar-refractivity contribution is -0.121. The Kier molecular flexibility index (Phi) is 5.79. The molecule has 4 rings (SSSR count). The van der Waals surface area contributed by atoms with Crippen molar-refractivity contribution in [1.29, 1.82) is 0 Å². The molecule has 8 heteroatoms. The first-order chi connectivity index (χ1) is 15.1. The van der Waals surface area contributed by atoms with Crippen LogP contribution in [0.3, 0.4) is 0 Å². The number of hydrogen-bond donors (Lipinski definition) is 1. The fourth-order valence-electron chi connectivity index (χ4n) is 3.40. The maximum Gasteiger partial charge on any atom is 0.297 e. The van der Waals surface area contributed by atoms with E-state index in [2.05, 4.69) is 15.6 Å². The number of carbonyl (C=O) groups excluding carboxylic acids is 1. The van der Waals surface area contributed by atoms with E-state index >= 15 is 0 Å². The molecule has 0 fully saturated rings. The highest BCUT2D eigenvalue weighted by Gasteiger charge is 2.20. The lowest BCUT2D eigenvalue weighted by Gasteiger charge is -2.10. The van der Waals surface area contributed by atoms with E-state index in [9.17, 15) is 9.59 Å². The summed E-state index contributed by atoms with van der Waals surface area (Å²) in [5, 5.41) is 11.7. The zero-order chi connectivity index (χ0) is 21.8. The van der Waals surface area contributed by atoms with Gasteiger partial charge < -0.3 is 14.6 Å². The van der Waals surface area contributed by atoms with Gasteiger partial charge in [0.25, 0.3) is 5.56 Å². The number of benzene rings is 2. The molecule has 0 saturated carbocycles. The van der Waals surface area contributed by atoms with Crippen LogP contribution in [-0.2, 0) is 17.8 Å². The second kappa shape index (κ2) is 8.83. The molecular formula is C23H22N4O4. The molecule has 0 bridgehead atoms. The van der Waals surface area contributed by atoms with Gasteiger partial charge in [-0.25, -0.2) is 4.68 Å². The zero-order valence-corrected chi connectivity index (χ0v) is 17.3. The molecule has 4 aromatic rings. The van der Waals surface area contributed by atoms with Gasteiger partial charge in [-0.2, -0.15) is 5.10 Å². The number of carbonyl (C=O) groups is 1. The normalized spacial score (nSPS) is 10.9. The van der Waals surface area contributed by atoms with Crippen LogP contribution in [0.5, 0.6) is 5.75 Å². The minimum Gasteiger partial charge on any atom is -0.497 e. The number of nitrogens with one attached hydrogen (secondary N) is 1. The summed E-state index contributed by atoms with van der Waals surface area (Å²) in [7, 11) is 1.58. The Morgan fingerprint density at radius 1 is 1.16 bits per heavy atom. The van der Waals surface area contributed by atoms with Crippen LogP contribution < -0.4 is 15.6 Å². The van der Waals surface area contributed by atoms with E-state index in [0.717, 1.165) is 15.8 Å². The number of aryl methyl sites for hydroxylation is 1. The van der Waals surface area contributed by atoms with Crippen LogP contribution in [0, 0.1) is 6.92 Å². The molecule has 8 nitrogen and oxygen atoms in total. The van der Waals surface area contributed by atoms with E-state index in [-0.39, 0.29) is 18.0 Å². The van der Waals surface area contributed by atoms with Gasteiger partial charge in [0.15, 0.2) is 5.52 Å². The minimum atomic E-state index is -0.475. The summed E-state index contributed by atoms with van der Waals surface area (Å²) < 4.78 is 11.7. The quantitative estimate of drug-likeness (QED) is 0.495. The highest BCUT2D eigenvalue weighted by atomic mass is 16.5. The molecule has 158 valence electrons. The van der Waals surface area contributed by atoms with Crippen molar-refractivity contribution in [3.05, 3.63) is 76.3 Å². The van der Waals surface area contributed by atoms with Crippen LogP contribution in [0.1, 0.15) is 11.3 Å². The molecule has 0 unspecified atom stereocenters. The molecule has 1 amide bonds. The van der Waals surface area contributed by atoms with Gasteiger partial charge in [0.05, 0.1) is 12.5 Å². The lowest BCUT2D eigenvalue weighted by atomic mass is 10.1. The zero-order valence-electron chi connectivity index (χ0n) is 17.3. The lowest BCUT2D eigenvalue weighted by Crippen LogP contribution is -2.35. The van der Waals surface area contributed by atoms with Crippen LogP contribution in [0.25, 0.3) is 22.2 Å². The molecule has 2 heterocycles. The molecule has 31 heavy (non-hydrogen) atoms. The Balaban J connectivity index is 1.61. The number of rotatable bonds is 7. The van der Waals surface area contributed by atoms with Gasteiger partial charge in [0.2, 0.25) is 5.91 Å².